The van der Waals surface area contributed by atoms with Gasteiger partial charge in [0.15, 0.2) is 0 Å². The predicted molar refractivity (Wildman–Crippen MR) is 79.8 cm³/mol. The lowest BCUT2D eigenvalue weighted by atomic mass is 10.1. The lowest BCUT2D eigenvalue weighted by Gasteiger charge is -2.09. The average molecular weight is 251 g/mol. The smallest absolute Gasteiger partial charge is 0.0184 e. The maximum Gasteiger partial charge on any atom is 0.0184 e. The van der Waals surface area contributed by atoms with Crippen LogP contribution < -0.4 is 5.32 Å². The normalized spacial score (nSPS) is 12.7. The SMILES string of the molecule is CNC(C)CCCSCc1cc(C)cc(C)c1. The van der Waals surface area contributed by atoms with Crippen molar-refractivity contribution in [2.24, 2.45) is 0 Å². The van der Waals surface area contributed by atoms with Gasteiger partial charge in [-0.2, -0.15) is 11.8 Å². The van der Waals surface area contributed by atoms with Crippen LogP contribution in [0.2, 0.25) is 0 Å². The minimum atomic E-state index is 0.650. The molecule has 0 fully saturated rings. The summed E-state index contributed by atoms with van der Waals surface area (Å²) in [6.07, 6.45) is 2.58. The quantitative estimate of drug-likeness (QED) is 0.737. The van der Waals surface area contributed by atoms with Crippen molar-refractivity contribution in [2.45, 2.75) is 45.4 Å². The van der Waals surface area contributed by atoms with Gasteiger partial charge in [0.25, 0.3) is 0 Å². The van der Waals surface area contributed by atoms with Crippen molar-refractivity contribution >= 4 is 11.8 Å². The van der Waals surface area contributed by atoms with E-state index >= 15 is 0 Å². The third-order valence-electron chi connectivity index (χ3n) is 2.97. The Labute approximate surface area is 110 Å². The molecule has 0 aliphatic carbocycles. The molecule has 1 unspecified atom stereocenters. The summed E-state index contributed by atoms with van der Waals surface area (Å²) >= 11 is 2.05. The van der Waals surface area contributed by atoms with E-state index < -0.39 is 0 Å². The predicted octanol–water partition coefficient (Wildman–Crippen LogP) is 3.92. The van der Waals surface area contributed by atoms with Gasteiger partial charge < -0.3 is 5.32 Å². The third kappa shape index (κ3) is 6.13. The Morgan fingerprint density at radius 2 is 1.82 bits per heavy atom. The molecule has 0 saturated heterocycles. The van der Waals surface area contributed by atoms with Crippen LogP contribution in [0.25, 0.3) is 0 Å². The molecule has 0 saturated carbocycles. The van der Waals surface area contributed by atoms with Crippen molar-refractivity contribution < 1.29 is 0 Å². The number of benzene rings is 1. The van der Waals surface area contributed by atoms with E-state index in [9.17, 15) is 0 Å². The van der Waals surface area contributed by atoms with E-state index in [1.807, 2.05) is 18.8 Å². The second-order valence-corrected chi connectivity index (χ2v) is 5.99. The first-order valence-corrected chi connectivity index (χ1v) is 7.59. The van der Waals surface area contributed by atoms with Gasteiger partial charge in [-0.3, -0.25) is 0 Å². The van der Waals surface area contributed by atoms with Gasteiger partial charge >= 0.3 is 0 Å². The van der Waals surface area contributed by atoms with Crippen LogP contribution in [0.5, 0.6) is 0 Å². The molecule has 0 amide bonds. The summed E-state index contributed by atoms with van der Waals surface area (Å²) in [5.74, 6) is 2.41. The van der Waals surface area contributed by atoms with Crippen molar-refractivity contribution in [1.29, 1.82) is 0 Å². The molecule has 2 heteroatoms. The highest BCUT2D eigenvalue weighted by atomic mass is 32.2. The Bertz CT molecular complexity index is 315. The topological polar surface area (TPSA) is 12.0 Å². The van der Waals surface area contributed by atoms with Crippen LogP contribution in [0.1, 0.15) is 36.5 Å². The molecular formula is C15H25NS. The van der Waals surface area contributed by atoms with Crippen molar-refractivity contribution in [2.75, 3.05) is 12.8 Å². The number of thioether (sulfide) groups is 1. The maximum atomic E-state index is 3.28. The lowest BCUT2D eigenvalue weighted by molar-refractivity contribution is 0.559. The molecule has 0 spiro atoms. The zero-order chi connectivity index (χ0) is 12.7. The van der Waals surface area contributed by atoms with Crippen LogP contribution in [0.15, 0.2) is 18.2 Å². The van der Waals surface area contributed by atoms with Crippen LogP contribution in [-0.2, 0) is 5.75 Å². The molecule has 0 aliphatic rings. The third-order valence-corrected chi connectivity index (χ3v) is 4.08. The highest BCUT2D eigenvalue weighted by molar-refractivity contribution is 7.98. The molecule has 1 atom stereocenters. The minimum absolute atomic E-state index is 0.650. The second-order valence-electron chi connectivity index (χ2n) is 4.88. The summed E-state index contributed by atoms with van der Waals surface area (Å²) in [6, 6.07) is 7.49. The van der Waals surface area contributed by atoms with E-state index in [0.29, 0.717) is 6.04 Å². The summed E-state index contributed by atoms with van der Waals surface area (Å²) in [6.45, 7) is 6.60. The molecule has 1 nitrogen and oxygen atoms in total. The first-order chi connectivity index (χ1) is 8.11. The standard InChI is InChI=1S/C15H25NS/c1-12-8-13(2)10-15(9-12)11-17-7-5-6-14(3)16-4/h8-10,14,16H,5-7,11H2,1-4H3. The van der Waals surface area contributed by atoms with Crippen molar-refractivity contribution in [3.8, 4) is 0 Å². The van der Waals surface area contributed by atoms with E-state index in [4.69, 9.17) is 0 Å². The van der Waals surface area contributed by atoms with Crippen LogP contribution in [0, 0.1) is 13.8 Å². The average Bonchev–Trinajstić information content (AvgIpc) is 2.27. The molecule has 1 rings (SSSR count). The Morgan fingerprint density at radius 3 is 2.41 bits per heavy atom. The Balaban J connectivity index is 2.22. The fourth-order valence-electron chi connectivity index (χ4n) is 1.98. The van der Waals surface area contributed by atoms with Gasteiger partial charge in [0, 0.05) is 11.8 Å². The van der Waals surface area contributed by atoms with E-state index in [2.05, 4.69) is 44.3 Å². The lowest BCUT2D eigenvalue weighted by Crippen LogP contribution is -2.20. The van der Waals surface area contributed by atoms with Crippen molar-refractivity contribution in [3.05, 3.63) is 34.9 Å². The van der Waals surface area contributed by atoms with Crippen molar-refractivity contribution in [1.82, 2.24) is 5.32 Å². The Morgan fingerprint density at radius 1 is 1.18 bits per heavy atom. The van der Waals surface area contributed by atoms with Crippen LogP contribution in [-0.4, -0.2) is 18.8 Å². The van der Waals surface area contributed by atoms with Gasteiger partial charge in [0.05, 0.1) is 0 Å². The van der Waals surface area contributed by atoms with E-state index in [-0.39, 0.29) is 0 Å². The summed E-state index contributed by atoms with van der Waals surface area (Å²) in [7, 11) is 2.04. The largest absolute Gasteiger partial charge is 0.317 e. The van der Waals surface area contributed by atoms with Gasteiger partial charge in [0.2, 0.25) is 0 Å². The maximum absolute atomic E-state index is 3.28. The van der Waals surface area contributed by atoms with E-state index in [1.54, 1.807) is 0 Å². The van der Waals surface area contributed by atoms with E-state index in [1.165, 1.54) is 35.3 Å². The molecule has 1 N–H and O–H groups in total. The summed E-state index contributed by atoms with van der Waals surface area (Å²) < 4.78 is 0. The molecule has 0 aromatic heterocycles. The fraction of sp³-hybridized carbons (Fsp3) is 0.600. The summed E-state index contributed by atoms with van der Waals surface area (Å²) in [4.78, 5) is 0. The zero-order valence-corrected chi connectivity index (χ0v) is 12.4. The first kappa shape index (κ1) is 14.6. The first-order valence-electron chi connectivity index (χ1n) is 6.44. The number of nitrogens with one attached hydrogen (secondary N) is 1. The molecule has 1 aromatic carbocycles. The molecule has 17 heavy (non-hydrogen) atoms. The van der Waals surface area contributed by atoms with Gasteiger partial charge in [-0.25, -0.2) is 0 Å². The molecule has 0 bridgehead atoms. The molecule has 0 heterocycles. The number of rotatable bonds is 7. The fourth-order valence-corrected chi connectivity index (χ4v) is 2.90. The molecular weight excluding hydrogens is 226 g/mol. The van der Waals surface area contributed by atoms with E-state index in [0.717, 1.165) is 5.75 Å². The molecule has 96 valence electrons. The number of hydrogen-bond acceptors (Lipinski definition) is 2. The summed E-state index contributed by atoms with van der Waals surface area (Å²) in [5.41, 5.74) is 4.22. The van der Waals surface area contributed by atoms with Gasteiger partial charge in [-0.05, 0) is 52.0 Å². The van der Waals surface area contributed by atoms with Gasteiger partial charge in [0.1, 0.15) is 0 Å². The number of hydrogen-bond donors (Lipinski definition) is 1. The highest BCUT2D eigenvalue weighted by Gasteiger charge is 1.99. The molecule has 0 radical (unpaired) electrons. The summed E-state index contributed by atoms with van der Waals surface area (Å²) in [5, 5.41) is 3.28. The van der Waals surface area contributed by atoms with Crippen LogP contribution >= 0.6 is 11.8 Å². The minimum Gasteiger partial charge on any atom is -0.317 e. The monoisotopic (exact) mass is 251 g/mol. The van der Waals surface area contributed by atoms with Crippen LogP contribution in [0.3, 0.4) is 0 Å². The van der Waals surface area contributed by atoms with Gasteiger partial charge in [-0.15, -0.1) is 0 Å². The number of aryl methyl sites for hydroxylation is 2. The Hall–Kier alpha value is -0.470. The highest BCUT2D eigenvalue weighted by Crippen LogP contribution is 2.17. The van der Waals surface area contributed by atoms with Gasteiger partial charge in [-0.1, -0.05) is 29.3 Å². The molecule has 0 aliphatic heterocycles. The van der Waals surface area contributed by atoms with Crippen molar-refractivity contribution in [3.63, 3.8) is 0 Å². The second kappa shape index (κ2) is 7.78. The molecule has 1 aromatic rings. The zero-order valence-electron chi connectivity index (χ0n) is 11.5. The Kier molecular flexibility index (Phi) is 6.68. The van der Waals surface area contributed by atoms with Crippen LogP contribution in [0.4, 0.5) is 0 Å².